The number of esters is 3. The highest BCUT2D eigenvalue weighted by molar-refractivity contribution is 7.59. The van der Waals surface area contributed by atoms with Crippen LogP contribution in [0.3, 0.4) is 0 Å². The van der Waals surface area contributed by atoms with Gasteiger partial charge in [0, 0.05) is 0 Å². The monoisotopic (exact) mass is 1180 g/mol. The van der Waals surface area contributed by atoms with Crippen molar-refractivity contribution in [2.24, 2.45) is 0 Å². The number of imidazole rings is 2. The smallest absolute Gasteiger partial charge is 0.350 e. The SMILES string of the molecule is CCCCCCCOC(=O)C(C)(C)Cl.CCCCCCCOC(=O)C(C)(C)NP(=O)(CO[C@H](C)Cn1cnc2c(N)ncnc21)NC(C)(C)C(=O)OCCCCCCC.C[C@H](Cn1cnc2c(N)ncnc21)OCP(=O)(O)O.N. The summed E-state index contributed by atoms with van der Waals surface area (Å²) in [6.07, 6.45) is 20.0. The van der Waals surface area contributed by atoms with Crippen molar-refractivity contribution in [1.29, 1.82) is 0 Å². The molecule has 2 atom stereocenters. The first-order valence-corrected chi connectivity index (χ1v) is 31.1. The average Bonchev–Trinajstić information content (AvgIpc) is 3.97. The van der Waals surface area contributed by atoms with Crippen molar-refractivity contribution >= 4 is 78.5 Å². The van der Waals surface area contributed by atoms with E-state index in [1.807, 2.05) is 6.92 Å². The van der Waals surface area contributed by atoms with E-state index >= 15 is 0 Å². The van der Waals surface area contributed by atoms with Crippen LogP contribution in [0, 0.1) is 0 Å². The molecule has 0 unspecified atom stereocenters. The predicted molar refractivity (Wildman–Crippen MR) is 308 cm³/mol. The Morgan fingerprint density at radius 1 is 0.582 bits per heavy atom. The van der Waals surface area contributed by atoms with E-state index in [-0.39, 0.29) is 43.3 Å². The molecule has 0 radical (unpaired) electrons. The molecule has 0 aliphatic rings. The fraction of sp³-hybridized carbons (Fsp3) is 0.745. The maximum absolute atomic E-state index is 14.5. The minimum Gasteiger partial charge on any atom is -0.464 e. The zero-order valence-corrected chi connectivity index (χ0v) is 51.3. The average molecular weight is 1180 g/mol. The second kappa shape index (κ2) is 36.1. The van der Waals surface area contributed by atoms with E-state index in [4.69, 9.17) is 56.5 Å². The molecule has 0 fully saturated rings. The van der Waals surface area contributed by atoms with Crippen LogP contribution in [0.5, 0.6) is 0 Å². The van der Waals surface area contributed by atoms with E-state index < -0.39 is 61.5 Å². The highest BCUT2D eigenvalue weighted by Crippen LogP contribution is 2.42. The largest absolute Gasteiger partial charge is 0.464 e. The van der Waals surface area contributed by atoms with Gasteiger partial charge < -0.3 is 60.2 Å². The lowest BCUT2D eigenvalue weighted by atomic mass is 10.1. The van der Waals surface area contributed by atoms with Gasteiger partial charge in [-0.15, -0.1) is 11.6 Å². The summed E-state index contributed by atoms with van der Waals surface area (Å²) in [6.45, 7) is 21.4. The number of fused-ring (bicyclic) bond motifs is 2. The topological polar surface area (TPSA) is 370 Å². The molecule has 4 aromatic rings. The van der Waals surface area contributed by atoms with E-state index in [9.17, 15) is 23.5 Å². The molecule has 0 spiro atoms. The van der Waals surface area contributed by atoms with Gasteiger partial charge in [0.25, 0.3) is 0 Å². The summed E-state index contributed by atoms with van der Waals surface area (Å²) in [7, 11) is -7.93. The summed E-state index contributed by atoms with van der Waals surface area (Å²) < 4.78 is 55.9. The number of ether oxygens (including phenoxy) is 5. The van der Waals surface area contributed by atoms with Crippen molar-refractivity contribution in [1.82, 2.24) is 55.4 Å². The number of nitrogens with two attached hydrogens (primary N) is 2. The zero-order chi connectivity index (χ0) is 58.6. The predicted octanol–water partition coefficient (Wildman–Crippen LogP) is 9.36. The Labute approximate surface area is 472 Å². The van der Waals surface area contributed by atoms with E-state index in [2.05, 4.69) is 60.8 Å². The summed E-state index contributed by atoms with van der Waals surface area (Å²) in [4.78, 5) is 78.4. The van der Waals surface area contributed by atoms with E-state index in [1.54, 1.807) is 63.9 Å². The lowest BCUT2D eigenvalue weighted by molar-refractivity contribution is -0.149. The van der Waals surface area contributed by atoms with Crippen LogP contribution in [0.2, 0.25) is 0 Å². The van der Waals surface area contributed by atoms with Crippen LogP contribution in [0.1, 0.15) is 172 Å². The molecule has 4 heterocycles. The molecule has 452 valence electrons. The third-order valence-electron chi connectivity index (χ3n) is 11.7. The lowest BCUT2D eigenvalue weighted by Gasteiger charge is -2.35. The molecule has 28 heteroatoms. The van der Waals surface area contributed by atoms with Crippen molar-refractivity contribution in [3.05, 3.63) is 25.3 Å². The molecule has 0 aliphatic heterocycles. The maximum atomic E-state index is 14.5. The van der Waals surface area contributed by atoms with Crippen LogP contribution in [-0.4, -0.2) is 127 Å². The number of nitrogens with one attached hydrogen (secondary N) is 2. The number of nitrogens with zero attached hydrogens (tertiary/aromatic N) is 8. The Kier molecular flexibility index (Phi) is 33.2. The lowest BCUT2D eigenvalue weighted by Crippen LogP contribution is -2.54. The number of anilines is 2. The van der Waals surface area contributed by atoms with Gasteiger partial charge in [-0.3, -0.25) is 23.5 Å². The number of aromatic nitrogens is 8. The Balaban J connectivity index is 0.000000745. The number of carbonyl (C=O) groups excluding carboxylic acids is 3. The summed E-state index contributed by atoms with van der Waals surface area (Å²) in [6, 6.07) is 0. The third kappa shape index (κ3) is 28.2. The molecule has 0 saturated carbocycles. The second-order valence-electron chi connectivity index (χ2n) is 20.9. The second-order valence-corrected chi connectivity index (χ2v) is 25.6. The van der Waals surface area contributed by atoms with Crippen LogP contribution in [0.15, 0.2) is 25.3 Å². The molecular formula is C51H94ClN13O12P2. The number of hydrogen-bond donors (Lipinski definition) is 7. The van der Waals surface area contributed by atoms with Gasteiger partial charge in [0.15, 0.2) is 22.9 Å². The summed E-state index contributed by atoms with van der Waals surface area (Å²) in [5, 5.41) is 5.93. The first-order chi connectivity index (χ1) is 36.6. The number of carbonyl (C=O) groups is 3. The van der Waals surface area contributed by atoms with E-state index in [0.29, 0.717) is 42.0 Å². The van der Waals surface area contributed by atoms with E-state index in [1.165, 1.54) is 38.2 Å². The summed E-state index contributed by atoms with van der Waals surface area (Å²) in [5.74, 6) is -0.844. The molecule has 4 rings (SSSR count). The van der Waals surface area contributed by atoms with Gasteiger partial charge in [0.1, 0.15) is 52.3 Å². The van der Waals surface area contributed by atoms with Crippen LogP contribution in [-0.2, 0) is 60.3 Å². The normalized spacial score (nSPS) is 12.9. The Hall–Kier alpha value is -4.42. The van der Waals surface area contributed by atoms with Gasteiger partial charge in [0.05, 0.1) is 57.8 Å². The van der Waals surface area contributed by atoms with E-state index in [0.717, 1.165) is 77.0 Å². The minimum atomic E-state index is -4.16. The molecule has 11 N–H and O–H groups in total. The Morgan fingerprint density at radius 3 is 1.27 bits per heavy atom. The van der Waals surface area contributed by atoms with Crippen LogP contribution in [0.25, 0.3) is 22.3 Å². The maximum Gasteiger partial charge on any atom is 0.350 e. The van der Waals surface area contributed by atoms with Crippen LogP contribution >= 0.6 is 26.6 Å². The Bertz CT molecular complexity index is 2460. The first kappa shape index (κ1) is 72.6. The minimum absolute atomic E-state index is 0. The first-order valence-electron chi connectivity index (χ1n) is 27.1. The van der Waals surface area contributed by atoms with Crippen molar-refractivity contribution in [3.63, 3.8) is 0 Å². The van der Waals surface area contributed by atoms with Gasteiger partial charge in [-0.2, -0.15) is 0 Å². The molecular weight excluding hydrogens is 1080 g/mol. The highest BCUT2D eigenvalue weighted by Gasteiger charge is 2.43. The van der Waals surface area contributed by atoms with Gasteiger partial charge in [-0.1, -0.05) is 97.8 Å². The summed E-state index contributed by atoms with van der Waals surface area (Å²) in [5.41, 5.74) is 11.0. The fourth-order valence-electron chi connectivity index (χ4n) is 7.41. The van der Waals surface area contributed by atoms with Crippen molar-refractivity contribution in [3.8, 4) is 0 Å². The zero-order valence-electron chi connectivity index (χ0n) is 48.7. The number of alkyl halides is 1. The number of nitrogen functional groups attached to an aromatic ring is 2. The van der Waals surface area contributed by atoms with Crippen LogP contribution in [0.4, 0.5) is 11.6 Å². The molecule has 0 bridgehead atoms. The molecule has 25 nitrogen and oxygen atoms in total. The highest BCUT2D eigenvalue weighted by atomic mass is 35.5. The molecule has 79 heavy (non-hydrogen) atoms. The number of halogens is 1. The summed E-state index contributed by atoms with van der Waals surface area (Å²) >= 11 is 5.77. The third-order valence-corrected chi connectivity index (χ3v) is 14.7. The molecule has 4 aromatic heterocycles. The van der Waals surface area contributed by atoms with Crippen molar-refractivity contribution in [2.75, 3.05) is 44.0 Å². The molecule has 0 amide bonds. The van der Waals surface area contributed by atoms with Gasteiger partial charge in [-0.05, 0) is 74.7 Å². The molecule has 0 aliphatic carbocycles. The van der Waals surface area contributed by atoms with Crippen molar-refractivity contribution in [2.45, 2.75) is 214 Å². The van der Waals surface area contributed by atoms with Gasteiger partial charge in [0.2, 0.25) is 7.44 Å². The number of unbranched alkanes of at least 4 members (excludes halogenated alkanes) is 12. The van der Waals surface area contributed by atoms with Crippen molar-refractivity contribution < 1.29 is 57.0 Å². The Morgan fingerprint density at radius 2 is 0.924 bits per heavy atom. The molecule has 0 aromatic carbocycles. The van der Waals surface area contributed by atoms with Gasteiger partial charge in [-0.25, -0.2) is 40.1 Å². The quantitative estimate of drug-likeness (QED) is 0.00741. The van der Waals surface area contributed by atoms with Crippen LogP contribution < -0.4 is 27.8 Å². The number of rotatable bonds is 35. The number of hydrogen-bond acceptors (Lipinski definition) is 19. The molecule has 0 saturated heterocycles. The standard InChI is InChI=1S/C31H56N7O6P.C11H21ClO2.C9H14N5O4P.H3N/c1-8-10-12-14-16-18-42-28(39)30(4,5)36-45(41,37-31(6,7)29(40)43-19-17-15-13-11-9-2)23-44-24(3)20-38-22-35-25-26(32)33-21-34-27(25)38;1-4-5-6-7-8-9-14-10(13)11(2,3)12;1-6(18-5-19(15,16)17)2-14-4-13-7-8(10)11-3-12-9(7)14;/h21-22,24H,8-20,23H2,1-7H3,(H2,32,33,34)(H2,36,37,41);4-9H2,1-3H3;3-4,6H,2,5H2,1H3,(H2,10,11,12)(H2,15,16,17);1H3/t24-;;6-;/m1.1./s1. The fourth-order valence-corrected chi connectivity index (χ4v) is 10.6. The van der Waals surface area contributed by atoms with Gasteiger partial charge >= 0.3 is 25.5 Å².